The number of nitrogens with zero attached hydrogens (tertiary/aromatic N) is 3. The van der Waals surface area contributed by atoms with Crippen molar-refractivity contribution in [2.45, 2.75) is 51.4 Å². The first kappa shape index (κ1) is 28.0. The highest BCUT2D eigenvalue weighted by molar-refractivity contribution is 6.12. The van der Waals surface area contributed by atoms with Crippen LogP contribution in [-0.4, -0.2) is 14.5 Å². The van der Waals surface area contributed by atoms with Crippen LogP contribution in [0, 0.1) is 0 Å². The van der Waals surface area contributed by atoms with Gasteiger partial charge in [-0.1, -0.05) is 119 Å². The van der Waals surface area contributed by atoms with Crippen LogP contribution in [0.25, 0.3) is 71.8 Å². The van der Waals surface area contributed by atoms with Gasteiger partial charge in [-0.2, -0.15) is 0 Å². The lowest BCUT2D eigenvalue weighted by molar-refractivity contribution is 0.332. The monoisotopic (exact) mass is 607 g/mol. The number of aromatic nitrogens is 3. The molecule has 0 saturated carbocycles. The minimum atomic E-state index is 0.121. The number of fused-ring (bicyclic) bond motifs is 6. The van der Waals surface area contributed by atoms with Gasteiger partial charge in [0.1, 0.15) is 0 Å². The average Bonchev–Trinajstić information content (AvgIpc) is 3.42. The molecule has 0 unspecified atom stereocenters. The van der Waals surface area contributed by atoms with Gasteiger partial charge in [0, 0.05) is 32.7 Å². The summed E-state index contributed by atoms with van der Waals surface area (Å²) in [6, 6.07) is 45.9. The van der Waals surface area contributed by atoms with Crippen molar-refractivity contribution in [3.8, 4) is 28.3 Å². The second-order valence-electron chi connectivity index (χ2n) is 14.5. The fourth-order valence-electron chi connectivity index (χ4n) is 7.98. The Morgan fingerprint density at radius 3 is 1.89 bits per heavy atom. The summed E-state index contributed by atoms with van der Waals surface area (Å²) in [6.07, 6.45) is 2.39. The molecule has 1 aliphatic carbocycles. The highest BCUT2D eigenvalue weighted by Gasteiger charge is 2.38. The Hall–Kier alpha value is -5.28. The van der Waals surface area contributed by atoms with Crippen molar-refractivity contribution in [1.29, 1.82) is 0 Å². The van der Waals surface area contributed by atoms with Gasteiger partial charge in [0.2, 0.25) is 0 Å². The van der Waals surface area contributed by atoms with E-state index in [1.807, 2.05) is 6.07 Å². The Kier molecular flexibility index (Phi) is 6.02. The van der Waals surface area contributed by atoms with E-state index in [0.717, 1.165) is 38.9 Å². The third-order valence-electron chi connectivity index (χ3n) is 10.7. The topological polar surface area (TPSA) is 30.7 Å². The van der Waals surface area contributed by atoms with Gasteiger partial charge in [0.15, 0.2) is 5.82 Å². The van der Waals surface area contributed by atoms with Gasteiger partial charge in [0.25, 0.3) is 0 Å². The van der Waals surface area contributed by atoms with E-state index in [-0.39, 0.29) is 10.8 Å². The van der Waals surface area contributed by atoms with Crippen molar-refractivity contribution in [3.63, 3.8) is 0 Å². The zero-order chi connectivity index (χ0) is 31.9. The molecule has 6 aromatic carbocycles. The summed E-state index contributed by atoms with van der Waals surface area (Å²) >= 11 is 0. The van der Waals surface area contributed by atoms with E-state index in [1.54, 1.807) is 0 Å². The van der Waals surface area contributed by atoms with Crippen molar-refractivity contribution < 1.29 is 0 Å². The summed E-state index contributed by atoms with van der Waals surface area (Å²) in [4.78, 5) is 10.4. The maximum atomic E-state index is 5.24. The molecule has 3 nitrogen and oxygen atoms in total. The summed E-state index contributed by atoms with van der Waals surface area (Å²) in [5.41, 5.74) is 10.9. The van der Waals surface area contributed by atoms with Gasteiger partial charge >= 0.3 is 0 Å². The van der Waals surface area contributed by atoms with Gasteiger partial charge in [-0.15, -0.1) is 0 Å². The maximum Gasteiger partial charge on any atom is 0.161 e. The molecule has 2 aromatic heterocycles. The Balaban J connectivity index is 1.33. The van der Waals surface area contributed by atoms with Crippen LogP contribution in [0.1, 0.15) is 51.7 Å². The molecule has 0 radical (unpaired) electrons. The smallest absolute Gasteiger partial charge is 0.161 e. The number of rotatable bonds is 3. The first-order chi connectivity index (χ1) is 22.8. The van der Waals surface area contributed by atoms with Crippen LogP contribution in [0.2, 0.25) is 0 Å². The molecule has 0 amide bonds. The van der Waals surface area contributed by atoms with Crippen LogP contribution in [0.4, 0.5) is 0 Å². The van der Waals surface area contributed by atoms with Crippen LogP contribution in [0.5, 0.6) is 0 Å². The second kappa shape index (κ2) is 10.1. The van der Waals surface area contributed by atoms with E-state index in [9.17, 15) is 0 Å². The SMILES string of the molecule is CC1(C)CCC(C)(C)c2cc3c(cc21)c1ccccc1n3-c1ccc(-c2nc(-c3ccccc3)c3ccccc3n2)c2ccccc12. The molecule has 0 atom stereocenters. The molecular formula is C44H37N3. The molecule has 9 rings (SSSR count). The van der Waals surface area contributed by atoms with Crippen LogP contribution >= 0.6 is 0 Å². The molecule has 228 valence electrons. The Morgan fingerprint density at radius 1 is 0.511 bits per heavy atom. The zero-order valence-corrected chi connectivity index (χ0v) is 27.4. The molecule has 47 heavy (non-hydrogen) atoms. The van der Waals surface area contributed by atoms with E-state index in [2.05, 4.69) is 154 Å². The van der Waals surface area contributed by atoms with E-state index in [0.29, 0.717) is 0 Å². The molecule has 0 spiro atoms. The van der Waals surface area contributed by atoms with Crippen LogP contribution in [0.15, 0.2) is 127 Å². The average molecular weight is 608 g/mol. The number of hydrogen-bond donors (Lipinski definition) is 0. The van der Waals surface area contributed by atoms with Gasteiger partial charge in [-0.05, 0) is 76.6 Å². The van der Waals surface area contributed by atoms with Crippen LogP contribution in [-0.2, 0) is 10.8 Å². The summed E-state index contributed by atoms with van der Waals surface area (Å²) in [5.74, 6) is 0.741. The predicted molar refractivity (Wildman–Crippen MR) is 198 cm³/mol. The van der Waals surface area contributed by atoms with Crippen LogP contribution < -0.4 is 0 Å². The lowest BCUT2D eigenvalue weighted by Crippen LogP contribution is -2.33. The van der Waals surface area contributed by atoms with Crippen LogP contribution in [0.3, 0.4) is 0 Å². The van der Waals surface area contributed by atoms with Crippen molar-refractivity contribution in [3.05, 3.63) is 139 Å². The maximum absolute atomic E-state index is 5.24. The number of benzene rings is 6. The molecule has 3 heteroatoms. The van der Waals surface area contributed by atoms with E-state index in [4.69, 9.17) is 9.97 Å². The Labute approximate surface area is 275 Å². The third-order valence-corrected chi connectivity index (χ3v) is 10.7. The third kappa shape index (κ3) is 4.26. The molecule has 8 aromatic rings. The van der Waals surface area contributed by atoms with E-state index < -0.39 is 0 Å². The molecule has 2 heterocycles. The summed E-state index contributed by atoms with van der Waals surface area (Å²) < 4.78 is 2.49. The van der Waals surface area contributed by atoms with Gasteiger partial charge in [-0.25, -0.2) is 9.97 Å². The fourth-order valence-corrected chi connectivity index (χ4v) is 7.98. The number of hydrogen-bond acceptors (Lipinski definition) is 2. The largest absolute Gasteiger partial charge is 0.309 e. The van der Waals surface area contributed by atoms with E-state index >= 15 is 0 Å². The number of para-hydroxylation sites is 2. The Bertz CT molecular complexity index is 2520. The highest BCUT2D eigenvalue weighted by atomic mass is 15.0. The summed E-state index contributed by atoms with van der Waals surface area (Å²) in [5, 5.41) is 6.00. The quantitative estimate of drug-likeness (QED) is 0.200. The standard InChI is InChI=1S/C44H37N3/c1-43(2)24-25-44(3,4)36-27-40-34(26-35(36)43)31-18-11-13-21-38(31)47(40)39-23-22-32(29-16-8-9-17-30(29)39)42-45-37-20-12-10-19-33(37)41(46-42)28-14-6-5-7-15-28/h5-23,26-27H,24-25H2,1-4H3. The first-order valence-electron chi connectivity index (χ1n) is 16.7. The highest BCUT2D eigenvalue weighted by Crippen LogP contribution is 2.49. The lowest BCUT2D eigenvalue weighted by atomic mass is 9.63. The van der Waals surface area contributed by atoms with Crippen molar-refractivity contribution in [2.24, 2.45) is 0 Å². The van der Waals surface area contributed by atoms with Gasteiger partial charge < -0.3 is 4.57 Å². The molecule has 0 saturated heterocycles. The molecule has 0 bridgehead atoms. The molecule has 1 aliphatic rings. The summed E-state index contributed by atoms with van der Waals surface area (Å²) in [6.45, 7) is 9.65. The molecule has 0 fully saturated rings. The normalized spacial score (nSPS) is 15.4. The minimum Gasteiger partial charge on any atom is -0.309 e. The predicted octanol–water partition coefficient (Wildman–Crippen LogP) is 11.6. The van der Waals surface area contributed by atoms with Gasteiger partial charge in [-0.3, -0.25) is 0 Å². The first-order valence-corrected chi connectivity index (χ1v) is 16.7. The van der Waals surface area contributed by atoms with E-state index in [1.165, 1.54) is 56.8 Å². The van der Waals surface area contributed by atoms with Crippen molar-refractivity contribution in [1.82, 2.24) is 14.5 Å². The molecule has 0 N–H and O–H groups in total. The summed E-state index contributed by atoms with van der Waals surface area (Å²) in [7, 11) is 0. The molecular weight excluding hydrogens is 571 g/mol. The van der Waals surface area contributed by atoms with Gasteiger partial charge in [0.05, 0.1) is 27.9 Å². The zero-order valence-electron chi connectivity index (χ0n) is 27.4. The lowest BCUT2D eigenvalue weighted by Gasteiger charge is -2.42. The second-order valence-corrected chi connectivity index (χ2v) is 14.5. The van der Waals surface area contributed by atoms with Crippen molar-refractivity contribution in [2.75, 3.05) is 0 Å². The fraction of sp³-hybridized carbons (Fsp3) is 0.182. The molecule has 0 aliphatic heterocycles. The Morgan fingerprint density at radius 2 is 1.13 bits per heavy atom. The van der Waals surface area contributed by atoms with Crippen molar-refractivity contribution >= 4 is 43.5 Å². The minimum absolute atomic E-state index is 0.121.